The second kappa shape index (κ2) is 6.84. The molecule has 0 fully saturated rings. The summed E-state index contributed by atoms with van der Waals surface area (Å²) in [5.41, 5.74) is 7.63. The second-order valence-corrected chi connectivity index (χ2v) is 7.96. The van der Waals surface area contributed by atoms with Gasteiger partial charge in [-0.25, -0.2) is 4.39 Å². The Balaban J connectivity index is 1.63. The molecule has 1 unspecified atom stereocenters. The molecule has 5 rings (SSSR count). The van der Waals surface area contributed by atoms with Crippen LogP contribution in [0.1, 0.15) is 27.5 Å². The number of thioether (sulfide) groups is 1. The molecule has 1 N–H and O–H groups in total. The van der Waals surface area contributed by atoms with Crippen LogP contribution in [-0.4, -0.2) is 5.91 Å². The molecule has 28 heavy (non-hydrogen) atoms. The highest BCUT2D eigenvalue weighted by atomic mass is 32.2. The molecule has 2 heterocycles. The SMILES string of the molecule is O=C1Cc2cc(C3=Cc4ccccc4SC3c3ccc(F)cc3)ccc2ON1. The molecule has 138 valence electrons. The van der Waals surface area contributed by atoms with Gasteiger partial charge in [0.1, 0.15) is 5.82 Å². The van der Waals surface area contributed by atoms with Gasteiger partial charge in [-0.1, -0.05) is 36.4 Å². The maximum Gasteiger partial charge on any atom is 0.257 e. The molecule has 0 saturated carbocycles. The topological polar surface area (TPSA) is 38.3 Å². The number of hydrogen-bond acceptors (Lipinski definition) is 3. The molecular formula is C23H16FNO2S. The van der Waals surface area contributed by atoms with E-state index in [1.54, 1.807) is 11.8 Å². The van der Waals surface area contributed by atoms with Crippen molar-refractivity contribution in [3.05, 3.63) is 94.8 Å². The fraction of sp³-hybridized carbons (Fsp3) is 0.0870. The average molecular weight is 389 g/mol. The maximum atomic E-state index is 13.5. The molecule has 2 aliphatic heterocycles. The highest BCUT2D eigenvalue weighted by molar-refractivity contribution is 8.00. The van der Waals surface area contributed by atoms with Crippen molar-refractivity contribution in [3.63, 3.8) is 0 Å². The van der Waals surface area contributed by atoms with Crippen molar-refractivity contribution in [2.45, 2.75) is 16.6 Å². The van der Waals surface area contributed by atoms with Gasteiger partial charge in [0.05, 0.1) is 11.7 Å². The van der Waals surface area contributed by atoms with Crippen LogP contribution in [0.3, 0.4) is 0 Å². The van der Waals surface area contributed by atoms with E-state index in [1.165, 1.54) is 17.0 Å². The van der Waals surface area contributed by atoms with Crippen molar-refractivity contribution < 1.29 is 14.0 Å². The normalized spacial score (nSPS) is 17.7. The number of nitrogens with one attached hydrogen (secondary N) is 1. The number of amides is 1. The molecule has 0 bridgehead atoms. The number of benzene rings is 3. The lowest BCUT2D eigenvalue weighted by molar-refractivity contribution is -0.128. The average Bonchev–Trinajstić information content (AvgIpc) is 2.73. The van der Waals surface area contributed by atoms with Crippen LogP contribution in [0.4, 0.5) is 4.39 Å². The predicted octanol–water partition coefficient (Wildman–Crippen LogP) is 5.18. The van der Waals surface area contributed by atoms with Crippen LogP contribution in [-0.2, 0) is 11.2 Å². The molecule has 3 aromatic rings. The Morgan fingerprint density at radius 1 is 1.04 bits per heavy atom. The number of halogens is 1. The van der Waals surface area contributed by atoms with Crippen LogP contribution in [0.15, 0.2) is 71.6 Å². The van der Waals surface area contributed by atoms with Gasteiger partial charge in [-0.05, 0) is 58.7 Å². The predicted molar refractivity (Wildman–Crippen MR) is 108 cm³/mol. The van der Waals surface area contributed by atoms with Crippen molar-refractivity contribution >= 4 is 29.3 Å². The van der Waals surface area contributed by atoms with E-state index >= 15 is 0 Å². The van der Waals surface area contributed by atoms with Gasteiger partial charge in [0, 0.05) is 10.5 Å². The van der Waals surface area contributed by atoms with Crippen molar-refractivity contribution in [2.24, 2.45) is 0 Å². The van der Waals surface area contributed by atoms with Crippen molar-refractivity contribution in [1.82, 2.24) is 5.48 Å². The van der Waals surface area contributed by atoms with Crippen molar-refractivity contribution in [3.8, 4) is 5.75 Å². The third kappa shape index (κ3) is 3.08. The number of carbonyl (C=O) groups is 1. The molecule has 0 saturated heterocycles. The van der Waals surface area contributed by atoms with E-state index in [0.717, 1.165) is 27.8 Å². The number of hydrogen-bond donors (Lipinski definition) is 1. The first kappa shape index (κ1) is 17.1. The van der Waals surface area contributed by atoms with E-state index in [-0.39, 0.29) is 17.0 Å². The van der Waals surface area contributed by atoms with Crippen LogP contribution in [0, 0.1) is 5.82 Å². The minimum absolute atomic E-state index is 0.0342. The molecule has 0 radical (unpaired) electrons. The van der Waals surface area contributed by atoms with Crippen LogP contribution < -0.4 is 10.3 Å². The van der Waals surface area contributed by atoms with Crippen molar-refractivity contribution in [1.29, 1.82) is 0 Å². The van der Waals surface area contributed by atoms with Crippen LogP contribution >= 0.6 is 11.8 Å². The molecule has 2 aliphatic rings. The van der Waals surface area contributed by atoms with E-state index in [1.807, 2.05) is 42.5 Å². The Labute approximate surface area is 166 Å². The van der Waals surface area contributed by atoms with E-state index in [4.69, 9.17) is 4.84 Å². The summed E-state index contributed by atoms with van der Waals surface area (Å²) in [6, 6.07) is 20.8. The first-order valence-corrected chi connectivity index (χ1v) is 9.87. The highest BCUT2D eigenvalue weighted by Gasteiger charge is 2.26. The maximum absolute atomic E-state index is 13.5. The number of rotatable bonds is 2. The zero-order valence-corrected chi connectivity index (χ0v) is 15.6. The quantitative estimate of drug-likeness (QED) is 0.656. The largest absolute Gasteiger partial charge is 0.379 e. The lowest BCUT2D eigenvalue weighted by atomic mass is 9.93. The fourth-order valence-electron chi connectivity index (χ4n) is 3.58. The minimum Gasteiger partial charge on any atom is -0.379 e. The van der Waals surface area contributed by atoms with Gasteiger partial charge in [0.25, 0.3) is 5.91 Å². The second-order valence-electron chi connectivity index (χ2n) is 6.81. The smallest absolute Gasteiger partial charge is 0.257 e. The molecule has 1 amide bonds. The lowest BCUT2D eigenvalue weighted by Crippen LogP contribution is -2.33. The number of hydroxylamine groups is 1. The minimum atomic E-state index is -0.243. The summed E-state index contributed by atoms with van der Waals surface area (Å²) in [5, 5.41) is 0.0342. The Morgan fingerprint density at radius 2 is 1.86 bits per heavy atom. The van der Waals surface area contributed by atoms with Crippen LogP contribution in [0.5, 0.6) is 5.75 Å². The molecule has 0 spiro atoms. The van der Waals surface area contributed by atoms with E-state index < -0.39 is 0 Å². The third-order valence-corrected chi connectivity index (χ3v) is 6.34. The van der Waals surface area contributed by atoms with E-state index in [0.29, 0.717) is 12.2 Å². The highest BCUT2D eigenvalue weighted by Crippen LogP contribution is 2.50. The summed E-state index contributed by atoms with van der Waals surface area (Å²) < 4.78 is 13.5. The summed E-state index contributed by atoms with van der Waals surface area (Å²) in [7, 11) is 0. The van der Waals surface area contributed by atoms with Crippen molar-refractivity contribution in [2.75, 3.05) is 0 Å². The molecule has 0 aromatic heterocycles. The van der Waals surface area contributed by atoms with Gasteiger partial charge >= 0.3 is 0 Å². The Bertz CT molecular complexity index is 1110. The Hall–Kier alpha value is -3.05. The summed E-state index contributed by atoms with van der Waals surface area (Å²) in [6.07, 6.45) is 2.48. The fourth-order valence-corrected chi connectivity index (χ4v) is 4.88. The van der Waals surface area contributed by atoms with Crippen LogP contribution in [0.2, 0.25) is 0 Å². The van der Waals surface area contributed by atoms with Gasteiger partial charge < -0.3 is 4.84 Å². The first-order chi connectivity index (χ1) is 13.7. The first-order valence-electron chi connectivity index (χ1n) is 8.99. The summed E-state index contributed by atoms with van der Waals surface area (Å²) >= 11 is 1.76. The third-order valence-electron chi connectivity index (χ3n) is 4.95. The number of fused-ring (bicyclic) bond motifs is 2. The molecule has 5 heteroatoms. The van der Waals surface area contributed by atoms with Gasteiger partial charge in [-0.3, -0.25) is 4.79 Å². The van der Waals surface area contributed by atoms with Gasteiger partial charge in [-0.2, -0.15) is 5.48 Å². The zero-order chi connectivity index (χ0) is 19.1. The molecule has 0 aliphatic carbocycles. The molecule has 3 aromatic carbocycles. The molecule has 3 nitrogen and oxygen atoms in total. The lowest BCUT2D eigenvalue weighted by Gasteiger charge is -2.27. The van der Waals surface area contributed by atoms with Crippen LogP contribution in [0.25, 0.3) is 11.6 Å². The standard InChI is InChI=1S/C23H16FNO2S/c24-18-8-5-14(6-9-18)23-19(12-16-3-1-2-4-21(16)28-23)15-7-10-20-17(11-15)13-22(26)25-27-20/h1-12,23H,13H2,(H,25,26). The summed E-state index contributed by atoms with van der Waals surface area (Å²) in [6.45, 7) is 0. The zero-order valence-electron chi connectivity index (χ0n) is 14.8. The molecule has 1 atom stereocenters. The molecular weight excluding hydrogens is 373 g/mol. The van der Waals surface area contributed by atoms with Gasteiger partial charge in [-0.15, -0.1) is 11.8 Å². The van der Waals surface area contributed by atoms with Gasteiger partial charge in [0.2, 0.25) is 0 Å². The Morgan fingerprint density at radius 3 is 2.71 bits per heavy atom. The Kier molecular flexibility index (Phi) is 4.17. The summed E-state index contributed by atoms with van der Waals surface area (Å²) in [5.74, 6) is 0.274. The summed E-state index contributed by atoms with van der Waals surface area (Å²) in [4.78, 5) is 18.2. The van der Waals surface area contributed by atoms with Gasteiger partial charge in [0.15, 0.2) is 5.75 Å². The van der Waals surface area contributed by atoms with E-state index in [2.05, 4.69) is 23.7 Å². The monoisotopic (exact) mass is 389 g/mol. The van der Waals surface area contributed by atoms with E-state index in [9.17, 15) is 9.18 Å². The number of carbonyl (C=O) groups excluding carboxylic acids is 1.